The van der Waals surface area contributed by atoms with Gasteiger partial charge in [0.25, 0.3) is 0 Å². The van der Waals surface area contributed by atoms with Gasteiger partial charge in [0.1, 0.15) is 11.3 Å². The molecule has 0 aromatic carbocycles. The van der Waals surface area contributed by atoms with Crippen LogP contribution in [0.25, 0.3) is 21.3 Å². The monoisotopic (exact) mass is 614 g/mol. The molecular formula is C33H54N6O3S. The molecule has 2 saturated heterocycles. The minimum atomic E-state index is 0.568. The van der Waals surface area contributed by atoms with E-state index in [4.69, 9.17) is 29.9 Å². The number of piperidine rings is 2. The van der Waals surface area contributed by atoms with Crippen molar-refractivity contribution >= 4 is 38.4 Å². The summed E-state index contributed by atoms with van der Waals surface area (Å²) in [6, 6.07) is 2.95. The van der Waals surface area contributed by atoms with Gasteiger partial charge in [-0.3, -0.25) is 0 Å². The minimum absolute atomic E-state index is 0.568. The lowest BCUT2D eigenvalue weighted by Crippen LogP contribution is -2.39. The predicted octanol–water partition coefficient (Wildman–Crippen LogP) is 5.55. The number of nitrogen functional groups attached to an aromatic ring is 1. The van der Waals surface area contributed by atoms with Crippen molar-refractivity contribution in [1.82, 2.24) is 24.3 Å². The summed E-state index contributed by atoms with van der Waals surface area (Å²) in [5.41, 5.74) is 9.79. The number of fused-ring (bicyclic) bond motifs is 3. The van der Waals surface area contributed by atoms with E-state index < -0.39 is 0 Å². The molecule has 2 aliphatic rings. The number of nitrogens with two attached hydrogens (primary N) is 1. The highest BCUT2D eigenvalue weighted by Gasteiger charge is 2.27. The number of unbranched alkanes of at least 4 members (excludes halogenated alkanes) is 1. The summed E-state index contributed by atoms with van der Waals surface area (Å²) in [6.07, 6.45) is 8.14. The van der Waals surface area contributed by atoms with Crippen LogP contribution in [-0.4, -0.2) is 103 Å². The Labute approximate surface area is 262 Å². The molecule has 3 aromatic rings. The highest BCUT2D eigenvalue weighted by molar-refractivity contribution is 7.20. The first-order valence-electron chi connectivity index (χ1n) is 16.7. The molecule has 0 spiro atoms. The third-order valence-electron chi connectivity index (χ3n) is 9.40. The van der Waals surface area contributed by atoms with Crippen LogP contribution in [0.4, 0.5) is 5.82 Å². The van der Waals surface area contributed by atoms with Crippen molar-refractivity contribution in [1.29, 1.82) is 0 Å². The molecule has 2 fully saturated rings. The smallest absolute Gasteiger partial charge is 0.152 e. The van der Waals surface area contributed by atoms with Gasteiger partial charge >= 0.3 is 0 Å². The number of rotatable bonds is 16. The molecule has 0 aliphatic carbocycles. The summed E-state index contributed by atoms with van der Waals surface area (Å²) in [5, 5.41) is 0. The lowest BCUT2D eigenvalue weighted by molar-refractivity contribution is 0.0181. The van der Waals surface area contributed by atoms with Crippen LogP contribution in [0.1, 0.15) is 75.9 Å². The van der Waals surface area contributed by atoms with Crippen molar-refractivity contribution in [2.45, 2.75) is 84.2 Å². The van der Waals surface area contributed by atoms with Crippen molar-refractivity contribution in [2.75, 3.05) is 78.6 Å². The lowest BCUT2D eigenvalue weighted by atomic mass is 9.95. The predicted molar refractivity (Wildman–Crippen MR) is 177 cm³/mol. The van der Waals surface area contributed by atoms with Crippen molar-refractivity contribution in [3.8, 4) is 0 Å². The van der Waals surface area contributed by atoms with Gasteiger partial charge in [0.2, 0.25) is 0 Å². The Morgan fingerprint density at radius 3 is 2.40 bits per heavy atom. The van der Waals surface area contributed by atoms with Crippen molar-refractivity contribution in [3.05, 3.63) is 16.8 Å². The molecule has 3 aromatic heterocycles. The number of ether oxygens (including phenoxy) is 3. The molecular weight excluding hydrogens is 560 g/mol. The summed E-state index contributed by atoms with van der Waals surface area (Å²) in [5.74, 6) is 3.01. The van der Waals surface area contributed by atoms with Crippen LogP contribution in [0.2, 0.25) is 0 Å². The fraction of sp³-hybridized carbons (Fsp3) is 0.758. The van der Waals surface area contributed by atoms with E-state index in [1.54, 1.807) is 7.11 Å². The quantitative estimate of drug-likeness (QED) is 0.210. The number of nitrogens with zero attached hydrogens (tertiary/aromatic N) is 5. The van der Waals surface area contributed by atoms with Gasteiger partial charge in [-0.15, -0.1) is 11.3 Å². The second kappa shape index (κ2) is 16.0. The molecule has 43 heavy (non-hydrogen) atoms. The van der Waals surface area contributed by atoms with E-state index in [9.17, 15) is 0 Å². The Morgan fingerprint density at radius 2 is 1.70 bits per heavy atom. The van der Waals surface area contributed by atoms with Gasteiger partial charge in [-0.2, -0.15) is 0 Å². The largest absolute Gasteiger partial charge is 0.382 e. The van der Waals surface area contributed by atoms with Gasteiger partial charge in [-0.1, -0.05) is 13.3 Å². The lowest BCUT2D eigenvalue weighted by Gasteiger charge is -2.35. The zero-order valence-corrected chi connectivity index (χ0v) is 27.8. The van der Waals surface area contributed by atoms with Crippen molar-refractivity contribution < 1.29 is 14.2 Å². The number of aryl methyl sites for hydroxylation is 1. The molecule has 5 rings (SSSR count). The van der Waals surface area contributed by atoms with Crippen LogP contribution in [0.3, 0.4) is 0 Å². The van der Waals surface area contributed by atoms with Crippen molar-refractivity contribution in [3.63, 3.8) is 0 Å². The maximum Gasteiger partial charge on any atom is 0.152 e. The van der Waals surface area contributed by atoms with E-state index in [-0.39, 0.29) is 0 Å². The molecule has 2 aliphatic heterocycles. The molecule has 0 amide bonds. The standard InChI is InChI=1S/C33H54N6O3S/c1-5-6-7-29-36-30-31(39(29)23-25-8-14-38(15-9-25)24(2)3)32-27(35-33(30)34)22-28(43-32)26-10-12-37(13-11-26)16-17-41-20-21-42-19-18-40-4/h22,24-26H,5-21,23H2,1-4H3,(H2,34,35). The summed E-state index contributed by atoms with van der Waals surface area (Å²) in [4.78, 5) is 16.6. The van der Waals surface area contributed by atoms with Gasteiger partial charge in [0, 0.05) is 37.5 Å². The van der Waals surface area contributed by atoms with E-state index in [2.05, 4.69) is 41.2 Å². The van der Waals surface area contributed by atoms with Crippen LogP contribution in [-0.2, 0) is 27.2 Å². The molecule has 0 radical (unpaired) electrons. The fourth-order valence-corrected chi connectivity index (χ4v) is 8.00. The Kier molecular flexibility index (Phi) is 12.1. The normalized spacial score (nSPS) is 18.2. The third-order valence-corrected chi connectivity index (χ3v) is 10.7. The number of pyridine rings is 1. The average molecular weight is 615 g/mol. The molecule has 0 unspecified atom stereocenters. The molecule has 240 valence electrons. The van der Waals surface area contributed by atoms with Gasteiger partial charge in [-0.25, -0.2) is 9.97 Å². The average Bonchev–Trinajstić information content (AvgIpc) is 3.60. The van der Waals surface area contributed by atoms with Crippen LogP contribution in [0.5, 0.6) is 0 Å². The first kappa shape index (κ1) is 32.6. The summed E-state index contributed by atoms with van der Waals surface area (Å²) in [6.45, 7) is 16.8. The molecule has 10 heteroatoms. The molecule has 0 bridgehead atoms. The maximum atomic E-state index is 6.60. The van der Waals surface area contributed by atoms with Gasteiger partial charge in [-0.05, 0) is 90.0 Å². The Balaban J connectivity index is 1.26. The van der Waals surface area contributed by atoms with Crippen LogP contribution < -0.4 is 5.73 Å². The zero-order chi connectivity index (χ0) is 30.2. The summed E-state index contributed by atoms with van der Waals surface area (Å²) < 4.78 is 20.1. The molecule has 2 N–H and O–H groups in total. The fourth-order valence-electron chi connectivity index (χ4n) is 6.68. The number of thiophene rings is 1. The SMILES string of the molecule is CCCCc1nc2c(N)nc3cc(C4CCN(CCOCCOCCOC)CC4)sc3c2n1CC1CCN(C(C)C)CC1. The molecule has 9 nitrogen and oxygen atoms in total. The number of imidazole rings is 1. The highest BCUT2D eigenvalue weighted by atomic mass is 32.1. The number of aromatic nitrogens is 3. The van der Waals surface area contributed by atoms with E-state index in [1.807, 2.05) is 11.3 Å². The maximum absolute atomic E-state index is 6.60. The number of hydrogen-bond donors (Lipinski definition) is 1. The van der Waals surface area contributed by atoms with Gasteiger partial charge < -0.3 is 34.3 Å². The Bertz CT molecular complexity index is 1280. The van der Waals surface area contributed by atoms with E-state index in [0.717, 1.165) is 63.1 Å². The van der Waals surface area contributed by atoms with Crippen LogP contribution in [0, 0.1) is 5.92 Å². The highest BCUT2D eigenvalue weighted by Crippen LogP contribution is 2.40. The first-order valence-corrected chi connectivity index (χ1v) is 17.5. The number of methoxy groups -OCH3 is 1. The van der Waals surface area contributed by atoms with E-state index >= 15 is 0 Å². The Hall–Kier alpha value is -1.82. The number of hydrogen-bond acceptors (Lipinski definition) is 9. The summed E-state index contributed by atoms with van der Waals surface area (Å²) >= 11 is 1.94. The van der Waals surface area contributed by atoms with E-state index in [1.165, 1.54) is 59.7 Å². The topological polar surface area (TPSA) is 90.9 Å². The molecule has 5 heterocycles. The zero-order valence-electron chi connectivity index (χ0n) is 27.0. The third kappa shape index (κ3) is 8.27. The van der Waals surface area contributed by atoms with Gasteiger partial charge in [0.15, 0.2) is 5.82 Å². The number of likely N-dealkylation sites (tertiary alicyclic amines) is 2. The summed E-state index contributed by atoms with van der Waals surface area (Å²) in [7, 11) is 1.69. The van der Waals surface area contributed by atoms with Crippen LogP contribution >= 0.6 is 11.3 Å². The van der Waals surface area contributed by atoms with E-state index in [0.29, 0.717) is 50.1 Å². The first-order chi connectivity index (χ1) is 21.0. The van der Waals surface area contributed by atoms with Crippen molar-refractivity contribution in [2.24, 2.45) is 5.92 Å². The molecule has 0 saturated carbocycles. The van der Waals surface area contributed by atoms with Gasteiger partial charge in [0.05, 0.1) is 48.8 Å². The molecule has 0 atom stereocenters. The second-order valence-electron chi connectivity index (χ2n) is 12.7. The van der Waals surface area contributed by atoms with Crippen LogP contribution in [0.15, 0.2) is 6.07 Å². The Morgan fingerprint density at radius 1 is 0.977 bits per heavy atom. The second-order valence-corrected chi connectivity index (χ2v) is 13.8. The minimum Gasteiger partial charge on any atom is -0.382 e. The number of anilines is 1.